The lowest BCUT2D eigenvalue weighted by Crippen LogP contribution is -2.31. The largest absolute Gasteiger partial charge is 0.385 e. The topological polar surface area (TPSA) is 9.23 Å². The van der Waals surface area contributed by atoms with E-state index in [1.165, 1.54) is 12.1 Å². The summed E-state index contributed by atoms with van der Waals surface area (Å²) >= 11 is 12.1. The van der Waals surface area contributed by atoms with E-state index in [2.05, 4.69) is 0 Å². The Labute approximate surface area is 112 Å². The first kappa shape index (κ1) is 14.7. The highest BCUT2D eigenvalue weighted by molar-refractivity contribution is 6.22. The quantitative estimate of drug-likeness (QED) is 0.542. The fourth-order valence-electron chi connectivity index (χ4n) is 1.84. The minimum absolute atomic E-state index is 0.256. The molecular formula is C13H17Cl2FO. The van der Waals surface area contributed by atoms with Crippen molar-refractivity contribution in [1.82, 2.24) is 0 Å². The summed E-state index contributed by atoms with van der Waals surface area (Å²) in [5.74, 6) is 0.502. The van der Waals surface area contributed by atoms with Gasteiger partial charge in [-0.15, -0.1) is 23.2 Å². The lowest BCUT2D eigenvalue weighted by atomic mass is 9.80. The molecule has 0 aromatic heterocycles. The molecule has 1 aromatic carbocycles. The number of benzene rings is 1. The van der Waals surface area contributed by atoms with E-state index in [1.807, 2.05) is 6.07 Å². The standard InChI is InChI=1S/C13H17Cl2FO/c1-17-7-3-6-13(9-14,10-15)11-4-2-5-12(16)8-11/h2,4-5,8H,3,6-7,9-10H2,1H3. The molecule has 0 fully saturated rings. The summed E-state index contributed by atoms with van der Waals surface area (Å²) in [5.41, 5.74) is 0.489. The third kappa shape index (κ3) is 3.84. The summed E-state index contributed by atoms with van der Waals surface area (Å²) in [6.07, 6.45) is 1.64. The van der Waals surface area contributed by atoms with E-state index in [0.717, 1.165) is 18.4 Å². The predicted octanol–water partition coefficient (Wildman–Crippen LogP) is 3.97. The van der Waals surface area contributed by atoms with Crippen LogP contribution in [0.25, 0.3) is 0 Å². The van der Waals surface area contributed by atoms with Crippen LogP contribution in [0.15, 0.2) is 24.3 Å². The summed E-state index contributed by atoms with van der Waals surface area (Å²) in [5, 5.41) is 0. The van der Waals surface area contributed by atoms with Crippen LogP contribution in [0.4, 0.5) is 4.39 Å². The van der Waals surface area contributed by atoms with E-state index >= 15 is 0 Å². The minimum Gasteiger partial charge on any atom is -0.385 e. The number of halogens is 3. The first-order valence-corrected chi connectivity index (χ1v) is 6.62. The second-order valence-electron chi connectivity index (χ2n) is 4.15. The second kappa shape index (κ2) is 7.20. The predicted molar refractivity (Wildman–Crippen MR) is 70.6 cm³/mol. The van der Waals surface area contributed by atoms with Crippen molar-refractivity contribution in [3.63, 3.8) is 0 Å². The van der Waals surface area contributed by atoms with E-state index in [4.69, 9.17) is 27.9 Å². The molecule has 0 amide bonds. The maximum absolute atomic E-state index is 13.2. The van der Waals surface area contributed by atoms with Crippen molar-refractivity contribution < 1.29 is 9.13 Å². The average molecular weight is 279 g/mol. The Morgan fingerprint density at radius 2 is 2.00 bits per heavy atom. The molecule has 0 saturated carbocycles. The molecule has 17 heavy (non-hydrogen) atoms. The zero-order valence-corrected chi connectivity index (χ0v) is 11.4. The molecule has 0 spiro atoms. The molecule has 0 aliphatic carbocycles. The van der Waals surface area contributed by atoms with Gasteiger partial charge in [0.2, 0.25) is 0 Å². The van der Waals surface area contributed by atoms with Crippen LogP contribution in [0.2, 0.25) is 0 Å². The Morgan fingerprint density at radius 1 is 1.29 bits per heavy atom. The molecule has 0 unspecified atom stereocenters. The Balaban J connectivity index is 2.89. The lowest BCUT2D eigenvalue weighted by molar-refractivity contribution is 0.186. The highest BCUT2D eigenvalue weighted by Gasteiger charge is 2.30. The highest BCUT2D eigenvalue weighted by atomic mass is 35.5. The van der Waals surface area contributed by atoms with Crippen molar-refractivity contribution in [2.45, 2.75) is 18.3 Å². The fraction of sp³-hybridized carbons (Fsp3) is 0.538. The van der Waals surface area contributed by atoms with E-state index in [0.29, 0.717) is 18.4 Å². The Morgan fingerprint density at radius 3 is 2.53 bits per heavy atom. The van der Waals surface area contributed by atoms with Crippen LogP contribution < -0.4 is 0 Å². The van der Waals surface area contributed by atoms with E-state index in [-0.39, 0.29) is 11.2 Å². The number of rotatable bonds is 7. The molecule has 0 heterocycles. The van der Waals surface area contributed by atoms with Crippen LogP contribution in [-0.4, -0.2) is 25.5 Å². The van der Waals surface area contributed by atoms with Gasteiger partial charge in [-0.1, -0.05) is 12.1 Å². The van der Waals surface area contributed by atoms with Gasteiger partial charge in [-0.2, -0.15) is 0 Å². The summed E-state index contributed by atoms with van der Waals surface area (Å²) in [6.45, 7) is 0.658. The highest BCUT2D eigenvalue weighted by Crippen LogP contribution is 2.32. The van der Waals surface area contributed by atoms with Gasteiger partial charge in [0.15, 0.2) is 0 Å². The van der Waals surface area contributed by atoms with Gasteiger partial charge in [0.1, 0.15) is 5.82 Å². The molecular weight excluding hydrogens is 262 g/mol. The van der Waals surface area contributed by atoms with Crippen molar-refractivity contribution in [3.8, 4) is 0 Å². The molecule has 4 heteroatoms. The zero-order chi connectivity index (χ0) is 12.7. The average Bonchev–Trinajstić information content (AvgIpc) is 2.35. The van der Waals surface area contributed by atoms with Crippen LogP contribution in [0.1, 0.15) is 18.4 Å². The zero-order valence-electron chi connectivity index (χ0n) is 9.89. The molecule has 0 saturated heterocycles. The number of hydrogen-bond donors (Lipinski definition) is 0. The molecule has 1 rings (SSSR count). The smallest absolute Gasteiger partial charge is 0.123 e. The van der Waals surface area contributed by atoms with Crippen LogP contribution in [0.3, 0.4) is 0 Å². The Bertz CT molecular complexity index is 340. The van der Waals surface area contributed by atoms with E-state index in [1.54, 1.807) is 13.2 Å². The monoisotopic (exact) mass is 278 g/mol. The number of methoxy groups -OCH3 is 1. The number of hydrogen-bond acceptors (Lipinski definition) is 1. The fourth-order valence-corrected chi connectivity index (χ4v) is 2.70. The van der Waals surface area contributed by atoms with Gasteiger partial charge >= 0.3 is 0 Å². The SMILES string of the molecule is COCCCC(CCl)(CCl)c1cccc(F)c1. The van der Waals surface area contributed by atoms with Gasteiger partial charge in [-0.05, 0) is 30.5 Å². The molecule has 1 nitrogen and oxygen atoms in total. The molecule has 0 N–H and O–H groups in total. The van der Waals surface area contributed by atoms with Crippen LogP contribution >= 0.6 is 23.2 Å². The first-order chi connectivity index (χ1) is 8.18. The minimum atomic E-state index is -0.371. The normalized spacial score (nSPS) is 11.8. The molecule has 0 atom stereocenters. The van der Waals surface area contributed by atoms with Crippen molar-refractivity contribution >= 4 is 23.2 Å². The third-order valence-corrected chi connectivity index (χ3v) is 3.98. The first-order valence-electron chi connectivity index (χ1n) is 5.55. The van der Waals surface area contributed by atoms with Gasteiger partial charge in [0.25, 0.3) is 0 Å². The van der Waals surface area contributed by atoms with Gasteiger partial charge in [-0.25, -0.2) is 4.39 Å². The van der Waals surface area contributed by atoms with E-state index in [9.17, 15) is 4.39 Å². The molecule has 0 aliphatic heterocycles. The van der Waals surface area contributed by atoms with Crippen LogP contribution in [0, 0.1) is 5.82 Å². The maximum atomic E-state index is 13.2. The Hall–Kier alpha value is -0.310. The lowest BCUT2D eigenvalue weighted by Gasteiger charge is -2.30. The van der Waals surface area contributed by atoms with Gasteiger partial charge in [0, 0.05) is 30.9 Å². The summed E-state index contributed by atoms with van der Waals surface area (Å²) in [7, 11) is 1.66. The van der Waals surface area contributed by atoms with Crippen molar-refractivity contribution in [2.24, 2.45) is 0 Å². The molecule has 0 radical (unpaired) electrons. The Kier molecular flexibility index (Phi) is 6.24. The van der Waals surface area contributed by atoms with Crippen LogP contribution in [0.5, 0.6) is 0 Å². The summed E-state index contributed by atoms with van der Waals surface area (Å²) in [6, 6.07) is 6.50. The van der Waals surface area contributed by atoms with Crippen molar-refractivity contribution in [2.75, 3.05) is 25.5 Å². The summed E-state index contributed by atoms with van der Waals surface area (Å²) in [4.78, 5) is 0. The van der Waals surface area contributed by atoms with Crippen LogP contribution in [-0.2, 0) is 10.2 Å². The van der Waals surface area contributed by atoms with Gasteiger partial charge in [0.05, 0.1) is 0 Å². The van der Waals surface area contributed by atoms with Gasteiger partial charge < -0.3 is 4.74 Å². The molecule has 0 bridgehead atoms. The molecule has 1 aromatic rings. The van der Waals surface area contributed by atoms with Crippen molar-refractivity contribution in [1.29, 1.82) is 0 Å². The maximum Gasteiger partial charge on any atom is 0.123 e. The molecule has 0 aliphatic rings. The number of alkyl halides is 2. The van der Waals surface area contributed by atoms with Crippen molar-refractivity contribution in [3.05, 3.63) is 35.6 Å². The molecule has 96 valence electrons. The second-order valence-corrected chi connectivity index (χ2v) is 4.69. The third-order valence-electron chi connectivity index (χ3n) is 2.95. The van der Waals surface area contributed by atoms with Gasteiger partial charge in [-0.3, -0.25) is 0 Å². The van der Waals surface area contributed by atoms with E-state index < -0.39 is 0 Å². The number of ether oxygens (including phenoxy) is 1. The summed E-state index contributed by atoms with van der Waals surface area (Å²) < 4.78 is 18.3.